The van der Waals surface area contributed by atoms with E-state index in [4.69, 9.17) is 0 Å². The van der Waals surface area contributed by atoms with Crippen LogP contribution < -0.4 is 0 Å². The van der Waals surface area contributed by atoms with Crippen LogP contribution in [0.25, 0.3) is 0 Å². The van der Waals surface area contributed by atoms with Gasteiger partial charge in [0.1, 0.15) is 5.75 Å². The lowest BCUT2D eigenvalue weighted by Gasteiger charge is -2.16. The van der Waals surface area contributed by atoms with Crippen molar-refractivity contribution in [3.8, 4) is 5.75 Å². The van der Waals surface area contributed by atoms with E-state index in [0.717, 1.165) is 13.0 Å². The van der Waals surface area contributed by atoms with Gasteiger partial charge in [0.05, 0.1) is 23.4 Å². The third kappa shape index (κ3) is 3.73. The molecule has 0 radical (unpaired) electrons. The number of aromatic hydroxyl groups is 1. The van der Waals surface area contributed by atoms with E-state index >= 15 is 0 Å². The zero-order valence-electron chi connectivity index (χ0n) is 14.5. The SMILES string of the molecule is COC(=O)CN1CC[C@@H](c2ccc(S(=O)(=O)c3ccccc3)cc2O)C1. The highest BCUT2D eigenvalue weighted by Crippen LogP contribution is 2.35. The number of nitrogens with zero attached hydrogens (tertiary/aromatic N) is 1. The number of hydrogen-bond acceptors (Lipinski definition) is 6. The average Bonchev–Trinajstić information content (AvgIpc) is 3.10. The van der Waals surface area contributed by atoms with Crippen LogP contribution in [-0.2, 0) is 19.4 Å². The van der Waals surface area contributed by atoms with Gasteiger partial charge in [-0.2, -0.15) is 0 Å². The van der Waals surface area contributed by atoms with Crippen molar-refractivity contribution in [3.63, 3.8) is 0 Å². The molecule has 1 fully saturated rings. The first-order valence-corrected chi connectivity index (χ1v) is 9.82. The molecule has 1 N–H and O–H groups in total. The standard InChI is InChI=1S/C19H21NO5S/c1-25-19(22)13-20-10-9-14(12-20)17-8-7-16(11-18(17)21)26(23,24)15-5-3-2-4-6-15/h2-8,11,14,21H,9-10,12-13H2,1H3/t14-/m1/s1. The molecule has 0 bridgehead atoms. The summed E-state index contributed by atoms with van der Waals surface area (Å²) in [5.74, 6) is -0.278. The summed E-state index contributed by atoms with van der Waals surface area (Å²) < 4.78 is 30.0. The molecule has 1 atom stereocenters. The van der Waals surface area contributed by atoms with E-state index in [1.54, 1.807) is 24.3 Å². The van der Waals surface area contributed by atoms with Gasteiger partial charge in [-0.15, -0.1) is 0 Å². The van der Waals surface area contributed by atoms with Crippen LogP contribution in [0.5, 0.6) is 5.75 Å². The van der Waals surface area contributed by atoms with E-state index in [1.807, 2.05) is 4.90 Å². The fourth-order valence-corrected chi connectivity index (χ4v) is 4.55. The zero-order chi connectivity index (χ0) is 18.7. The van der Waals surface area contributed by atoms with Gasteiger partial charge in [-0.25, -0.2) is 8.42 Å². The van der Waals surface area contributed by atoms with Crippen molar-refractivity contribution in [1.82, 2.24) is 4.90 Å². The van der Waals surface area contributed by atoms with Crippen LogP contribution in [0.1, 0.15) is 17.9 Å². The normalized spacial score (nSPS) is 18.0. The number of hydrogen-bond donors (Lipinski definition) is 1. The summed E-state index contributed by atoms with van der Waals surface area (Å²) in [4.78, 5) is 13.6. The lowest BCUT2D eigenvalue weighted by Crippen LogP contribution is -2.28. The number of carbonyl (C=O) groups is 1. The maximum atomic E-state index is 12.7. The first-order valence-electron chi connectivity index (χ1n) is 8.34. The third-order valence-corrected chi connectivity index (χ3v) is 6.43. The van der Waals surface area contributed by atoms with Gasteiger partial charge in [-0.3, -0.25) is 9.69 Å². The van der Waals surface area contributed by atoms with Gasteiger partial charge in [0.15, 0.2) is 0 Å². The van der Waals surface area contributed by atoms with Crippen LogP contribution in [0, 0.1) is 0 Å². The molecule has 6 nitrogen and oxygen atoms in total. The zero-order valence-corrected chi connectivity index (χ0v) is 15.3. The predicted molar refractivity (Wildman–Crippen MR) is 95.8 cm³/mol. The summed E-state index contributed by atoms with van der Waals surface area (Å²) in [6.07, 6.45) is 0.787. The van der Waals surface area contributed by atoms with Crippen molar-refractivity contribution in [2.24, 2.45) is 0 Å². The first-order chi connectivity index (χ1) is 12.4. The van der Waals surface area contributed by atoms with Crippen molar-refractivity contribution in [2.45, 2.75) is 22.1 Å². The summed E-state index contributed by atoms with van der Waals surface area (Å²) in [5.41, 5.74) is 0.698. The molecule has 3 rings (SSSR count). The van der Waals surface area contributed by atoms with Gasteiger partial charge >= 0.3 is 5.97 Å². The van der Waals surface area contributed by atoms with E-state index < -0.39 is 9.84 Å². The smallest absolute Gasteiger partial charge is 0.319 e. The number of phenolic OH excluding ortho intramolecular Hbond substituents is 1. The van der Waals surface area contributed by atoms with Crippen LogP contribution in [0.4, 0.5) is 0 Å². The van der Waals surface area contributed by atoms with Crippen molar-refractivity contribution < 1.29 is 23.1 Å². The number of phenols is 1. The monoisotopic (exact) mass is 375 g/mol. The highest BCUT2D eigenvalue weighted by Gasteiger charge is 2.28. The number of benzene rings is 2. The van der Waals surface area contributed by atoms with Crippen LogP contribution in [0.2, 0.25) is 0 Å². The Bertz CT molecular complexity index is 895. The van der Waals surface area contributed by atoms with Crippen molar-refractivity contribution in [1.29, 1.82) is 0 Å². The van der Waals surface area contributed by atoms with Crippen molar-refractivity contribution >= 4 is 15.8 Å². The lowest BCUT2D eigenvalue weighted by atomic mass is 9.97. The van der Waals surface area contributed by atoms with Gasteiger partial charge in [-0.1, -0.05) is 24.3 Å². The van der Waals surface area contributed by atoms with Crippen molar-refractivity contribution in [3.05, 3.63) is 54.1 Å². The van der Waals surface area contributed by atoms with Crippen LogP contribution >= 0.6 is 0 Å². The minimum Gasteiger partial charge on any atom is -0.508 e. The number of sulfone groups is 1. The number of esters is 1. The van der Waals surface area contributed by atoms with Gasteiger partial charge in [0, 0.05) is 12.5 Å². The molecular formula is C19H21NO5S. The first kappa shape index (κ1) is 18.4. The molecule has 1 aliphatic rings. The largest absolute Gasteiger partial charge is 0.508 e. The van der Waals surface area contributed by atoms with Gasteiger partial charge in [0.25, 0.3) is 0 Å². The second kappa shape index (κ2) is 7.47. The van der Waals surface area contributed by atoms with E-state index in [0.29, 0.717) is 12.1 Å². The summed E-state index contributed by atoms with van der Waals surface area (Å²) in [6, 6.07) is 12.6. The topological polar surface area (TPSA) is 83.9 Å². The Morgan fingerprint density at radius 1 is 1.19 bits per heavy atom. The van der Waals surface area contributed by atoms with Crippen LogP contribution in [0.15, 0.2) is 58.3 Å². The fourth-order valence-electron chi connectivity index (χ4n) is 3.25. The van der Waals surface area contributed by atoms with Crippen molar-refractivity contribution in [2.75, 3.05) is 26.7 Å². The molecule has 0 aromatic heterocycles. The minimum atomic E-state index is -3.66. The van der Waals surface area contributed by atoms with E-state index in [2.05, 4.69) is 4.74 Å². The van der Waals surface area contributed by atoms with E-state index in [-0.39, 0.29) is 34.0 Å². The molecule has 2 aromatic rings. The number of likely N-dealkylation sites (tertiary alicyclic amines) is 1. The number of methoxy groups -OCH3 is 1. The molecule has 138 valence electrons. The number of ether oxygens (including phenoxy) is 1. The second-order valence-electron chi connectivity index (χ2n) is 6.33. The highest BCUT2D eigenvalue weighted by molar-refractivity contribution is 7.91. The molecule has 1 aliphatic heterocycles. The number of carbonyl (C=O) groups excluding carboxylic acids is 1. The van der Waals surface area contributed by atoms with Gasteiger partial charge in [-0.05, 0) is 42.8 Å². The van der Waals surface area contributed by atoms with Crippen LogP contribution in [-0.4, -0.2) is 51.1 Å². The summed E-state index contributed by atoms with van der Waals surface area (Å²) in [7, 11) is -2.31. The van der Waals surface area contributed by atoms with E-state index in [1.165, 1.54) is 31.4 Å². The maximum absolute atomic E-state index is 12.7. The molecule has 1 heterocycles. The Morgan fingerprint density at radius 2 is 1.92 bits per heavy atom. The highest BCUT2D eigenvalue weighted by atomic mass is 32.2. The Hall–Kier alpha value is -2.38. The Morgan fingerprint density at radius 3 is 2.58 bits per heavy atom. The predicted octanol–water partition coefficient (Wildman–Crippen LogP) is 2.19. The Balaban J connectivity index is 1.80. The molecular weight excluding hydrogens is 354 g/mol. The summed E-state index contributed by atoms with van der Waals surface area (Å²) in [6.45, 7) is 1.56. The Kier molecular flexibility index (Phi) is 5.29. The Labute approximate surface area is 152 Å². The molecule has 0 amide bonds. The molecule has 26 heavy (non-hydrogen) atoms. The molecule has 0 saturated carbocycles. The lowest BCUT2D eigenvalue weighted by molar-refractivity contribution is -0.141. The molecule has 0 unspecified atom stereocenters. The van der Waals surface area contributed by atoms with Gasteiger partial charge < -0.3 is 9.84 Å². The second-order valence-corrected chi connectivity index (χ2v) is 8.28. The van der Waals surface area contributed by atoms with Crippen LogP contribution in [0.3, 0.4) is 0 Å². The average molecular weight is 375 g/mol. The quantitative estimate of drug-likeness (QED) is 0.807. The molecule has 2 aromatic carbocycles. The number of rotatable bonds is 5. The van der Waals surface area contributed by atoms with E-state index in [9.17, 15) is 18.3 Å². The summed E-state index contributed by atoms with van der Waals surface area (Å²) in [5, 5.41) is 10.4. The molecule has 7 heteroatoms. The third-order valence-electron chi connectivity index (χ3n) is 4.66. The maximum Gasteiger partial charge on any atom is 0.319 e. The molecule has 0 spiro atoms. The minimum absolute atomic E-state index is 0.0353. The van der Waals surface area contributed by atoms with Gasteiger partial charge in [0.2, 0.25) is 9.84 Å². The molecule has 1 saturated heterocycles. The summed E-state index contributed by atoms with van der Waals surface area (Å²) >= 11 is 0. The molecule has 0 aliphatic carbocycles. The fraction of sp³-hybridized carbons (Fsp3) is 0.316.